The molecule has 0 aromatic heterocycles. The summed E-state index contributed by atoms with van der Waals surface area (Å²) in [6.45, 7) is 0.183. The summed E-state index contributed by atoms with van der Waals surface area (Å²) >= 11 is 0. The number of amides is 3. The van der Waals surface area contributed by atoms with E-state index in [4.69, 9.17) is 10.8 Å². The van der Waals surface area contributed by atoms with Gasteiger partial charge in [0.25, 0.3) is 0 Å². The minimum absolute atomic E-state index is 0.0700. The molecule has 2 aromatic carbocycles. The third-order valence-corrected chi connectivity index (χ3v) is 4.25. The fourth-order valence-corrected chi connectivity index (χ4v) is 2.78. The van der Waals surface area contributed by atoms with Crippen LogP contribution in [0.4, 0.5) is 4.79 Å². The molecular formula is C21H26N4O4. The summed E-state index contributed by atoms with van der Waals surface area (Å²) < 4.78 is 0. The summed E-state index contributed by atoms with van der Waals surface area (Å²) in [4.78, 5) is 35.6. The number of nitrogens with two attached hydrogens (primary N) is 1. The number of hydrogen-bond acceptors (Lipinski definition) is 4. The lowest BCUT2D eigenvalue weighted by molar-refractivity contribution is -0.129. The maximum Gasteiger partial charge on any atom is 0.404 e. The second-order valence-corrected chi connectivity index (χ2v) is 6.57. The molecule has 2 rings (SSSR count). The van der Waals surface area contributed by atoms with Gasteiger partial charge in [0.1, 0.15) is 6.04 Å². The van der Waals surface area contributed by atoms with E-state index in [1.165, 1.54) is 0 Å². The van der Waals surface area contributed by atoms with E-state index in [-0.39, 0.29) is 13.1 Å². The molecule has 0 bridgehead atoms. The van der Waals surface area contributed by atoms with Gasteiger partial charge in [0.2, 0.25) is 11.8 Å². The standard InChI is InChI=1S/C21H26N4O4/c22-17(13-15-7-3-1-4-8-15)19(26)25-18(14-16-9-5-2-6-10-16)20(27)23-11-12-24-21(28)29/h1-10,17-18,24H,11-14,22H2,(H,23,27)(H,25,26)(H,28,29). The molecule has 2 aromatic rings. The van der Waals surface area contributed by atoms with E-state index in [0.717, 1.165) is 11.1 Å². The predicted octanol–water partition coefficient (Wildman–Crippen LogP) is 0.668. The monoisotopic (exact) mass is 398 g/mol. The van der Waals surface area contributed by atoms with Crippen molar-refractivity contribution in [2.75, 3.05) is 13.1 Å². The minimum atomic E-state index is -1.17. The van der Waals surface area contributed by atoms with Crippen LogP contribution in [0, 0.1) is 0 Å². The van der Waals surface area contributed by atoms with E-state index in [9.17, 15) is 14.4 Å². The Labute approximate surface area is 169 Å². The second kappa shape index (κ2) is 11.5. The van der Waals surface area contributed by atoms with E-state index >= 15 is 0 Å². The average molecular weight is 398 g/mol. The summed E-state index contributed by atoms with van der Waals surface area (Å²) in [5, 5.41) is 16.1. The highest BCUT2D eigenvalue weighted by atomic mass is 16.4. The molecule has 0 aliphatic rings. The number of carbonyl (C=O) groups is 3. The van der Waals surface area contributed by atoms with Gasteiger partial charge < -0.3 is 26.8 Å². The van der Waals surface area contributed by atoms with Crippen molar-refractivity contribution in [1.82, 2.24) is 16.0 Å². The van der Waals surface area contributed by atoms with Gasteiger partial charge in [0.05, 0.1) is 6.04 Å². The van der Waals surface area contributed by atoms with E-state index in [2.05, 4.69) is 16.0 Å². The summed E-state index contributed by atoms with van der Waals surface area (Å²) in [6.07, 6.45) is -0.516. The van der Waals surface area contributed by atoms with Crippen molar-refractivity contribution < 1.29 is 19.5 Å². The molecule has 2 atom stereocenters. The van der Waals surface area contributed by atoms with Crippen molar-refractivity contribution in [3.05, 3.63) is 71.8 Å². The third kappa shape index (κ3) is 8.02. The molecule has 0 spiro atoms. The van der Waals surface area contributed by atoms with E-state index in [1.54, 1.807) is 0 Å². The fourth-order valence-electron chi connectivity index (χ4n) is 2.78. The zero-order chi connectivity index (χ0) is 21.1. The SMILES string of the molecule is NC(Cc1ccccc1)C(=O)NC(Cc1ccccc1)C(=O)NCCNC(=O)O. The summed E-state index contributed by atoms with van der Waals surface area (Å²) in [6, 6.07) is 17.1. The van der Waals surface area contributed by atoms with Gasteiger partial charge in [-0.1, -0.05) is 60.7 Å². The predicted molar refractivity (Wildman–Crippen MR) is 109 cm³/mol. The first kappa shape index (κ1) is 21.9. The number of carbonyl (C=O) groups excluding carboxylic acids is 2. The Kier molecular flexibility index (Phi) is 8.65. The number of hydrogen-bond donors (Lipinski definition) is 5. The Hall–Kier alpha value is -3.39. The van der Waals surface area contributed by atoms with Gasteiger partial charge in [-0.2, -0.15) is 0 Å². The van der Waals surface area contributed by atoms with Crippen molar-refractivity contribution in [1.29, 1.82) is 0 Å². The summed E-state index contributed by atoms with van der Waals surface area (Å²) in [5.74, 6) is -0.824. The Balaban J connectivity index is 1.98. The molecule has 0 heterocycles. The van der Waals surface area contributed by atoms with Crippen LogP contribution in [0.5, 0.6) is 0 Å². The minimum Gasteiger partial charge on any atom is -0.465 e. The molecule has 2 unspecified atom stereocenters. The second-order valence-electron chi connectivity index (χ2n) is 6.57. The molecule has 8 nitrogen and oxygen atoms in total. The lowest BCUT2D eigenvalue weighted by Crippen LogP contribution is -2.53. The van der Waals surface area contributed by atoms with Gasteiger partial charge in [-0.25, -0.2) is 4.79 Å². The quantitative estimate of drug-likeness (QED) is 0.375. The van der Waals surface area contributed by atoms with Crippen LogP contribution in [0.2, 0.25) is 0 Å². The van der Waals surface area contributed by atoms with Crippen LogP contribution >= 0.6 is 0 Å². The Morgan fingerprint density at radius 3 is 1.86 bits per heavy atom. The molecule has 0 aliphatic heterocycles. The number of nitrogens with one attached hydrogen (secondary N) is 3. The average Bonchev–Trinajstić information content (AvgIpc) is 2.71. The van der Waals surface area contributed by atoms with Crippen molar-refractivity contribution in [2.45, 2.75) is 24.9 Å². The molecule has 0 saturated heterocycles. The first-order valence-corrected chi connectivity index (χ1v) is 9.34. The number of rotatable bonds is 10. The van der Waals surface area contributed by atoms with Crippen LogP contribution in [-0.4, -0.2) is 48.2 Å². The van der Waals surface area contributed by atoms with Crippen LogP contribution in [0.15, 0.2) is 60.7 Å². The van der Waals surface area contributed by atoms with Crippen molar-refractivity contribution >= 4 is 17.9 Å². The molecular weight excluding hydrogens is 372 g/mol. The number of carboxylic acid groups (broad SMARTS) is 1. The van der Waals surface area contributed by atoms with Gasteiger partial charge in [-0.05, 0) is 17.5 Å². The molecule has 0 aliphatic carbocycles. The largest absolute Gasteiger partial charge is 0.465 e. The molecule has 3 amide bonds. The highest BCUT2D eigenvalue weighted by molar-refractivity contribution is 5.90. The third-order valence-electron chi connectivity index (χ3n) is 4.25. The van der Waals surface area contributed by atoms with Crippen molar-refractivity contribution in [3.63, 3.8) is 0 Å². The molecule has 6 N–H and O–H groups in total. The van der Waals surface area contributed by atoms with Crippen LogP contribution in [-0.2, 0) is 22.4 Å². The molecule has 154 valence electrons. The van der Waals surface area contributed by atoms with Gasteiger partial charge in [-0.3, -0.25) is 9.59 Å². The molecule has 8 heteroatoms. The topological polar surface area (TPSA) is 134 Å². The van der Waals surface area contributed by atoms with Crippen LogP contribution in [0.3, 0.4) is 0 Å². The number of benzene rings is 2. The van der Waals surface area contributed by atoms with E-state index < -0.39 is 30.0 Å². The molecule has 29 heavy (non-hydrogen) atoms. The molecule has 0 saturated carbocycles. The van der Waals surface area contributed by atoms with Crippen LogP contribution < -0.4 is 21.7 Å². The summed E-state index contributed by atoms with van der Waals surface area (Å²) in [5.41, 5.74) is 7.84. The first-order valence-electron chi connectivity index (χ1n) is 9.34. The van der Waals surface area contributed by atoms with Crippen LogP contribution in [0.25, 0.3) is 0 Å². The zero-order valence-electron chi connectivity index (χ0n) is 16.0. The maximum absolute atomic E-state index is 12.6. The Morgan fingerprint density at radius 1 is 0.793 bits per heavy atom. The Morgan fingerprint density at radius 2 is 1.31 bits per heavy atom. The smallest absolute Gasteiger partial charge is 0.404 e. The highest BCUT2D eigenvalue weighted by Crippen LogP contribution is 2.06. The Bertz CT molecular complexity index is 799. The van der Waals surface area contributed by atoms with Crippen molar-refractivity contribution in [2.24, 2.45) is 5.73 Å². The van der Waals surface area contributed by atoms with Gasteiger partial charge in [-0.15, -0.1) is 0 Å². The zero-order valence-corrected chi connectivity index (χ0v) is 16.0. The van der Waals surface area contributed by atoms with Crippen LogP contribution in [0.1, 0.15) is 11.1 Å². The van der Waals surface area contributed by atoms with Gasteiger partial charge in [0.15, 0.2) is 0 Å². The fraction of sp³-hybridized carbons (Fsp3) is 0.286. The lowest BCUT2D eigenvalue weighted by Gasteiger charge is -2.21. The van der Waals surface area contributed by atoms with E-state index in [1.807, 2.05) is 60.7 Å². The maximum atomic E-state index is 12.6. The lowest BCUT2D eigenvalue weighted by atomic mass is 10.0. The molecule has 0 fully saturated rings. The first-order chi connectivity index (χ1) is 14.0. The van der Waals surface area contributed by atoms with Gasteiger partial charge in [0, 0.05) is 19.5 Å². The normalized spacial score (nSPS) is 12.4. The van der Waals surface area contributed by atoms with E-state index in [0.29, 0.717) is 12.8 Å². The van der Waals surface area contributed by atoms with Gasteiger partial charge >= 0.3 is 6.09 Å². The summed E-state index contributed by atoms with van der Waals surface area (Å²) in [7, 11) is 0. The highest BCUT2D eigenvalue weighted by Gasteiger charge is 2.24. The molecule has 0 radical (unpaired) electrons. The van der Waals surface area contributed by atoms with Crippen molar-refractivity contribution in [3.8, 4) is 0 Å².